The second-order valence-corrected chi connectivity index (χ2v) is 8.66. The Kier molecular flexibility index (Phi) is 6.86. The first-order chi connectivity index (χ1) is 15.1. The Morgan fingerprint density at radius 3 is 2.52 bits per heavy atom. The quantitative estimate of drug-likeness (QED) is 0.689. The highest BCUT2D eigenvalue weighted by Crippen LogP contribution is 2.39. The standard InChI is InChI=1S/C25H35N3O3/c1-3-4-8-20-24(19-9-10-21-22(17-19)31-16-15-30-21)23(25(26)29)18(2)28(20)14-13-27-11-6-5-7-12-27/h9-10,17H,3-8,11-16H2,1-2H3,(H2,26,29). The lowest BCUT2D eigenvalue weighted by Gasteiger charge is -2.27. The van der Waals surface area contributed by atoms with Crippen molar-refractivity contribution >= 4 is 5.91 Å². The smallest absolute Gasteiger partial charge is 0.251 e. The highest BCUT2D eigenvalue weighted by atomic mass is 16.6. The van der Waals surface area contributed by atoms with Crippen molar-refractivity contribution in [3.63, 3.8) is 0 Å². The number of nitrogens with zero attached hydrogens (tertiary/aromatic N) is 2. The van der Waals surface area contributed by atoms with Gasteiger partial charge >= 0.3 is 0 Å². The number of unbranched alkanes of at least 4 members (excludes halogenated alkanes) is 1. The van der Waals surface area contributed by atoms with Gasteiger partial charge in [0.05, 0.1) is 5.56 Å². The normalized spacial score (nSPS) is 16.5. The molecular weight excluding hydrogens is 390 g/mol. The molecule has 0 aliphatic carbocycles. The summed E-state index contributed by atoms with van der Waals surface area (Å²) in [6, 6.07) is 5.97. The van der Waals surface area contributed by atoms with E-state index in [1.54, 1.807) is 0 Å². The van der Waals surface area contributed by atoms with Gasteiger partial charge in [-0.15, -0.1) is 0 Å². The van der Waals surface area contributed by atoms with Crippen LogP contribution in [-0.2, 0) is 13.0 Å². The maximum atomic E-state index is 12.6. The summed E-state index contributed by atoms with van der Waals surface area (Å²) < 4.78 is 13.9. The molecule has 2 N–H and O–H groups in total. The second-order valence-electron chi connectivity index (χ2n) is 8.66. The fourth-order valence-corrected chi connectivity index (χ4v) is 4.94. The number of piperidine rings is 1. The molecule has 4 rings (SSSR count). The van der Waals surface area contributed by atoms with Crippen LogP contribution >= 0.6 is 0 Å². The molecule has 0 atom stereocenters. The molecule has 1 saturated heterocycles. The molecule has 2 aliphatic rings. The fourth-order valence-electron chi connectivity index (χ4n) is 4.94. The van der Waals surface area contributed by atoms with Crippen molar-refractivity contribution in [2.75, 3.05) is 32.8 Å². The number of amides is 1. The number of likely N-dealkylation sites (tertiary alicyclic amines) is 1. The first-order valence-electron chi connectivity index (χ1n) is 11.7. The van der Waals surface area contributed by atoms with E-state index in [0.29, 0.717) is 18.8 Å². The van der Waals surface area contributed by atoms with Crippen LogP contribution in [0.15, 0.2) is 18.2 Å². The van der Waals surface area contributed by atoms with E-state index in [2.05, 4.69) is 16.4 Å². The van der Waals surface area contributed by atoms with Gasteiger partial charge < -0.3 is 24.7 Å². The Balaban J connectivity index is 1.75. The summed E-state index contributed by atoms with van der Waals surface area (Å²) in [5, 5.41) is 0. The first kappa shape index (κ1) is 21.8. The van der Waals surface area contributed by atoms with E-state index in [1.807, 2.05) is 25.1 Å². The fraction of sp³-hybridized carbons (Fsp3) is 0.560. The van der Waals surface area contributed by atoms with Gasteiger partial charge in [0.25, 0.3) is 5.91 Å². The number of hydrogen-bond acceptors (Lipinski definition) is 4. The predicted molar refractivity (Wildman–Crippen MR) is 123 cm³/mol. The van der Waals surface area contributed by atoms with E-state index in [0.717, 1.165) is 60.7 Å². The molecule has 6 nitrogen and oxygen atoms in total. The lowest BCUT2D eigenvalue weighted by Crippen LogP contribution is -2.33. The molecule has 31 heavy (non-hydrogen) atoms. The molecule has 3 heterocycles. The van der Waals surface area contributed by atoms with E-state index in [1.165, 1.54) is 38.0 Å². The van der Waals surface area contributed by atoms with Crippen LogP contribution in [-0.4, -0.2) is 48.2 Å². The number of primary amides is 1. The van der Waals surface area contributed by atoms with Gasteiger partial charge in [0.2, 0.25) is 0 Å². The zero-order chi connectivity index (χ0) is 21.8. The van der Waals surface area contributed by atoms with Crippen LogP contribution in [0.1, 0.15) is 60.8 Å². The maximum absolute atomic E-state index is 12.6. The SMILES string of the molecule is CCCCc1c(-c2ccc3c(c2)OCCO3)c(C(N)=O)c(C)n1CCN1CCCCC1. The Morgan fingerprint density at radius 2 is 1.81 bits per heavy atom. The molecule has 1 aromatic carbocycles. The van der Waals surface area contributed by atoms with Crippen LogP contribution < -0.4 is 15.2 Å². The zero-order valence-electron chi connectivity index (χ0n) is 18.9. The van der Waals surface area contributed by atoms with Crippen molar-refractivity contribution < 1.29 is 14.3 Å². The van der Waals surface area contributed by atoms with Crippen molar-refractivity contribution in [3.8, 4) is 22.6 Å². The number of hydrogen-bond donors (Lipinski definition) is 1. The summed E-state index contributed by atoms with van der Waals surface area (Å²) in [4.78, 5) is 15.1. The molecule has 1 amide bonds. The van der Waals surface area contributed by atoms with Crippen molar-refractivity contribution in [2.24, 2.45) is 5.73 Å². The first-order valence-corrected chi connectivity index (χ1v) is 11.7. The molecule has 0 spiro atoms. The van der Waals surface area contributed by atoms with Gasteiger partial charge in [0.1, 0.15) is 13.2 Å². The Bertz CT molecular complexity index is 929. The predicted octanol–water partition coefficient (Wildman–Crippen LogP) is 4.16. The molecule has 0 unspecified atom stereocenters. The number of ether oxygens (including phenoxy) is 2. The van der Waals surface area contributed by atoms with Gasteiger partial charge in [0.15, 0.2) is 11.5 Å². The van der Waals surface area contributed by atoms with Crippen LogP contribution in [0.2, 0.25) is 0 Å². The highest BCUT2D eigenvalue weighted by Gasteiger charge is 2.26. The lowest BCUT2D eigenvalue weighted by molar-refractivity contribution is 0.1000. The average Bonchev–Trinajstić information content (AvgIpc) is 3.08. The van der Waals surface area contributed by atoms with Crippen LogP contribution in [0.25, 0.3) is 11.1 Å². The molecule has 0 bridgehead atoms. The number of fused-ring (bicyclic) bond motifs is 1. The van der Waals surface area contributed by atoms with E-state index < -0.39 is 0 Å². The van der Waals surface area contributed by atoms with Gasteiger partial charge in [-0.3, -0.25) is 4.79 Å². The molecule has 168 valence electrons. The van der Waals surface area contributed by atoms with Crippen molar-refractivity contribution in [1.82, 2.24) is 9.47 Å². The molecule has 0 radical (unpaired) electrons. The minimum atomic E-state index is -0.364. The largest absolute Gasteiger partial charge is 0.486 e. The minimum absolute atomic E-state index is 0.364. The van der Waals surface area contributed by atoms with Gasteiger partial charge in [-0.25, -0.2) is 0 Å². The summed E-state index contributed by atoms with van der Waals surface area (Å²) in [6.45, 7) is 9.57. The second kappa shape index (κ2) is 9.77. The Hall–Kier alpha value is -2.47. The molecule has 1 aromatic heterocycles. The average molecular weight is 426 g/mol. The van der Waals surface area contributed by atoms with Gasteiger partial charge in [-0.05, 0) is 63.4 Å². The molecular formula is C25H35N3O3. The number of aromatic nitrogens is 1. The van der Waals surface area contributed by atoms with Crippen molar-refractivity contribution in [2.45, 2.75) is 58.9 Å². The Morgan fingerprint density at radius 1 is 1.06 bits per heavy atom. The number of benzene rings is 1. The third-order valence-corrected chi connectivity index (χ3v) is 6.56. The molecule has 2 aromatic rings. The van der Waals surface area contributed by atoms with Crippen molar-refractivity contribution in [1.29, 1.82) is 0 Å². The number of carbonyl (C=O) groups excluding carboxylic acids is 1. The monoisotopic (exact) mass is 425 g/mol. The third kappa shape index (κ3) is 4.59. The van der Waals surface area contributed by atoms with Crippen LogP contribution in [0.3, 0.4) is 0 Å². The third-order valence-electron chi connectivity index (χ3n) is 6.56. The maximum Gasteiger partial charge on any atom is 0.251 e. The number of rotatable bonds is 8. The molecule has 2 aliphatic heterocycles. The minimum Gasteiger partial charge on any atom is -0.486 e. The summed E-state index contributed by atoms with van der Waals surface area (Å²) in [6.07, 6.45) is 6.99. The van der Waals surface area contributed by atoms with E-state index >= 15 is 0 Å². The van der Waals surface area contributed by atoms with E-state index in [-0.39, 0.29) is 5.91 Å². The molecule has 0 saturated carbocycles. The number of nitrogens with two attached hydrogens (primary N) is 1. The van der Waals surface area contributed by atoms with Gasteiger partial charge in [-0.1, -0.05) is 25.8 Å². The van der Waals surface area contributed by atoms with E-state index in [4.69, 9.17) is 15.2 Å². The van der Waals surface area contributed by atoms with Gasteiger partial charge in [-0.2, -0.15) is 0 Å². The summed E-state index contributed by atoms with van der Waals surface area (Å²) in [5.74, 6) is 1.13. The molecule has 1 fully saturated rings. The summed E-state index contributed by atoms with van der Waals surface area (Å²) >= 11 is 0. The topological polar surface area (TPSA) is 69.7 Å². The van der Waals surface area contributed by atoms with Crippen LogP contribution in [0.5, 0.6) is 11.5 Å². The lowest BCUT2D eigenvalue weighted by atomic mass is 9.97. The summed E-state index contributed by atoms with van der Waals surface area (Å²) in [7, 11) is 0. The Labute approximate surface area is 185 Å². The van der Waals surface area contributed by atoms with Crippen LogP contribution in [0.4, 0.5) is 0 Å². The van der Waals surface area contributed by atoms with Crippen LogP contribution in [0, 0.1) is 6.92 Å². The summed E-state index contributed by atoms with van der Waals surface area (Å²) in [5.41, 5.74) is 10.7. The van der Waals surface area contributed by atoms with Crippen molar-refractivity contribution in [3.05, 3.63) is 35.2 Å². The number of carbonyl (C=O) groups is 1. The van der Waals surface area contributed by atoms with E-state index in [9.17, 15) is 4.79 Å². The molecule has 6 heteroatoms. The van der Waals surface area contributed by atoms with Gasteiger partial charge in [0, 0.05) is 30.0 Å². The highest BCUT2D eigenvalue weighted by molar-refractivity contribution is 6.02. The zero-order valence-corrected chi connectivity index (χ0v) is 18.9.